The first-order chi connectivity index (χ1) is 14.6. The van der Waals surface area contributed by atoms with E-state index in [1.165, 1.54) is 5.56 Å². The lowest BCUT2D eigenvalue weighted by molar-refractivity contribution is 0.0179. The van der Waals surface area contributed by atoms with E-state index < -0.39 is 0 Å². The summed E-state index contributed by atoms with van der Waals surface area (Å²) in [7, 11) is 3.29. The van der Waals surface area contributed by atoms with Crippen LogP contribution >= 0.6 is 24.0 Å². The zero-order valence-corrected chi connectivity index (χ0v) is 20.8. The third-order valence-electron chi connectivity index (χ3n) is 5.35. The Morgan fingerprint density at radius 2 is 1.77 bits per heavy atom. The maximum atomic E-state index is 6.18. The summed E-state index contributed by atoms with van der Waals surface area (Å²) in [6.45, 7) is 5.79. The fraction of sp³-hybridized carbons (Fsp3) is 0.435. The number of hydrogen-bond acceptors (Lipinski definition) is 5. The molecule has 1 heterocycles. The van der Waals surface area contributed by atoms with E-state index in [1.807, 2.05) is 24.3 Å². The highest BCUT2D eigenvalue weighted by Crippen LogP contribution is 2.32. The first-order valence-corrected chi connectivity index (χ1v) is 10.3. The SMILES string of the molecule is CCc1ccc(NC(N)=NCC(c2ccc(OC)c(OC)c2)N2CCOCC2)cc1.I. The molecule has 170 valence electrons. The molecule has 0 amide bonds. The van der Waals surface area contributed by atoms with Crippen LogP contribution in [0.4, 0.5) is 5.69 Å². The van der Waals surface area contributed by atoms with Crippen LogP contribution in [-0.2, 0) is 11.2 Å². The van der Waals surface area contributed by atoms with Gasteiger partial charge in [0.2, 0.25) is 0 Å². The summed E-state index contributed by atoms with van der Waals surface area (Å²) in [6, 6.07) is 14.3. The number of benzene rings is 2. The number of nitrogens with two attached hydrogens (primary N) is 1. The van der Waals surface area contributed by atoms with Crippen LogP contribution in [0.3, 0.4) is 0 Å². The van der Waals surface area contributed by atoms with E-state index in [-0.39, 0.29) is 30.0 Å². The van der Waals surface area contributed by atoms with Gasteiger partial charge in [0.15, 0.2) is 17.5 Å². The molecule has 0 aromatic heterocycles. The smallest absolute Gasteiger partial charge is 0.193 e. The first-order valence-electron chi connectivity index (χ1n) is 10.3. The lowest BCUT2D eigenvalue weighted by Crippen LogP contribution is -2.40. The minimum atomic E-state index is 0. The van der Waals surface area contributed by atoms with E-state index in [4.69, 9.17) is 19.9 Å². The molecule has 0 bridgehead atoms. The Balaban J connectivity index is 0.00000341. The molecule has 1 saturated heterocycles. The van der Waals surface area contributed by atoms with Crippen molar-refractivity contribution in [3.05, 3.63) is 53.6 Å². The van der Waals surface area contributed by atoms with Crippen LogP contribution in [-0.4, -0.2) is 57.9 Å². The quantitative estimate of drug-likeness (QED) is 0.302. The minimum absolute atomic E-state index is 0. The van der Waals surface area contributed by atoms with Crippen LogP contribution < -0.4 is 20.5 Å². The van der Waals surface area contributed by atoms with Gasteiger partial charge < -0.3 is 25.3 Å². The van der Waals surface area contributed by atoms with Gasteiger partial charge in [-0.2, -0.15) is 0 Å². The topological polar surface area (TPSA) is 81.3 Å². The van der Waals surface area contributed by atoms with Gasteiger partial charge in [0.1, 0.15) is 0 Å². The maximum Gasteiger partial charge on any atom is 0.193 e. The molecule has 2 aromatic carbocycles. The zero-order valence-electron chi connectivity index (χ0n) is 18.5. The van der Waals surface area contributed by atoms with Crippen molar-refractivity contribution in [3.63, 3.8) is 0 Å². The summed E-state index contributed by atoms with van der Waals surface area (Å²) >= 11 is 0. The Bertz CT molecular complexity index is 839. The number of aliphatic imine (C=N–C) groups is 1. The van der Waals surface area contributed by atoms with Gasteiger partial charge in [0.05, 0.1) is 40.0 Å². The number of halogens is 1. The monoisotopic (exact) mass is 540 g/mol. The van der Waals surface area contributed by atoms with Crippen molar-refractivity contribution in [3.8, 4) is 11.5 Å². The van der Waals surface area contributed by atoms with E-state index >= 15 is 0 Å². The molecule has 1 unspecified atom stereocenters. The van der Waals surface area contributed by atoms with Gasteiger partial charge in [-0.1, -0.05) is 25.1 Å². The summed E-state index contributed by atoms with van der Waals surface area (Å²) in [5.41, 5.74) is 9.52. The number of anilines is 1. The number of morpholine rings is 1. The van der Waals surface area contributed by atoms with Crippen molar-refractivity contribution in [1.82, 2.24) is 4.90 Å². The highest BCUT2D eigenvalue weighted by molar-refractivity contribution is 14.0. The summed E-state index contributed by atoms with van der Waals surface area (Å²) < 4.78 is 16.4. The number of guanidine groups is 1. The number of hydrogen-bond donors (Lipinski definition) is 2. The largest absolute Gasteiger partial charge is 0.493 e. The van der Waals surface area contributed by atoms with Crippen LogP contribution in [0.25, 0.3) is 0 Å². The highest BCUT2D eigenvalue weighted by Gasteiger charge is 2.23. The average Bonchev–Trinajstić information content (AvgIpc) is 2.80. The van der Waals surface area contributed by atoms with Gasteiger partial charge in [0, 0.05) is 18.8 Å². The van der Waals surface area contributed by atoms with Crippen molar-refractivity contribution < 1.29 is 14.2 Å². The van der Waals surface area contributed by atoms with Gasteiger partial charge in [-0.25, -0.2) is 0 Å². The van der Waals surface area contributed by atoms with Crippen molar-refractivity contribution in [1.29, 1.82) is 0 Å². The summed E-state index contributed by atoms with van der Waals surface area (Å²) in [4.78, 5) is 7.01. The van der Waals surface area contributed by atoms with E-state index in [9.17, 15) is 0 Å². The third-order valence-corrected chi connectivity index (χ3v) is 5.35. The maximum absolute atomic E-state index is 6.18. The molecule has 7 nitrogen and oxygen atoms in total. The molecule has 3 N–H and O–H groups in total. The molecule has 8 heteroatoms. The molecule has 0 saturated carbocycles. The van der Waals surface area contributed by atoms with E-state index in [1.54, 1.807) is 14.2 Å². The average molecular weight is 540 g/mol. The standard InChI is InChI=1S/C23H32N4O3.HI/c1-4-17-5-8-19(9-6-17)26-23(24)25-16-20(27-11-13-30-14-12-27)18-7-10-21(28-2)22(15-18)29-3;/h5-10,15,20H,4,11-14,16H2,1-3H3,(H3,24,25,26);1H. The number of rotatable bonds is 8. The molecule has 2 aromatic rings. The Hall–Kier alpha value is -2.04. The number of methoxy groups -OCH3 is 2. The lowest BCUT2D eigenvalue weighted by Gasteiger charge is -2.34. The number of ether oxygens (including phenoxy) is 3. The molecule has 3 rings (SSSR count). The molecule has 0 radical (unpaired) electrons. The van der Waals surface area contributed by atoms with Crippen molar-refractivity contribution in [2.45, 2.75) is 19.4 Å². The Morgan fingerprint density at radius 1 is 1.10 bits per heavy atom. The Labute approximate surface area is 202 Å². The van der Waals surface area contributed by atoms with Crippen molar-refractivity contribution >= 4 is 35.6 Å². The second kappa shape index (κ2) is 12.7. The van der Waals surface area contributed by atoms with Gasteiger partial charge in [-0.3, -0.25) is 9.89 Å². The Kier molecular flexibility index (Phi) is 10.4. The summed E-state index contributed by atoms with van der Waals surface area (Å²) in [6.07, 6.45) is 1.01. The van der Waals surface area contributed by atoms with E-state index in [2.05, 4.69) is 40.3 Å². The first kappa shape index (κ1) is 25.2. The molecule has 31 heavy (non-hydrogen) atoms. The van der Waals surface area contributed by atoms with Crippen LogP contribution in [0, 0.1) is 0 Å². The van der Waals surface area contributed by atoms with Crippen molar-refractivity contribution in [2.75, 3.05) is 52.4 Å². The second-order valence-corrected chi connectivity index (χ2v) is 7.18. The number of aryl methyl sites for hydroxylation is 1. The molecular formula is C23H33IN4O3. The summed E-state index contributed by atoms with van der Waals surface area (Å²) in [5.74, 6) is 1.82. The lowest BCUT2D eigenvalue weighted by atomic mass is 10.0. The molecule has 0 spiro atoms. The normalized spacial score (nSPS) is 15.6. The third kappa shape index (κ3) is 6.98. The molecular weight excluding hydrogens is 507 g/mol. The van der Waals surface area contributed by atoms with Gasteiger partial charge >= 0.3 is 0 Å². The van der Waals surface area contributed by atoms with E-state index in [0.29, 0.717) is 37.2 Å². The van der Waals surface area contributed by atoms with E-state index in [0.717, 1.165) is 30.8 Å². The van der Waals surface area contributed by atoms with Crippen molar-refractivity contribution in [2.24, 2.45) is 10.7 Å². The zero-order chi connectivity index (χ0) is 21.3. The van der Waals surface area contributed by atoms with Crippen LogP contribution in [0.5, 0.6) is 11.5 Å². The number of nitrogens with one attached hydrogen (secondary N) is 1. The number of nitrogens with zero attached hydrogens (tertiary/aromatic N) is 2. The van der Waals surface area contributed by atoms with Gasteiger partial charge in [-0.05, 0) is 41.8 Å². The highest BCUT2D eigenvalue weighted by atomic mass is 127. The van der Waals surface area contributed by atoms with Gasteiger partial charge in [-0.15, -0.1) is 24.0 Å². The second-order valence-electron chi connectivity index (χ2n) is 7.18. The molecule has 1 aliphatic rings. The van der Waals surface area contributed by atoms with Gasteiger partial charge in [0.25, 0.3) is 0 Å². The van der Waals surface area contributed by atoms with Crippen LogP contribution in [0.2, 0.25) is 0 Å². The summed E-state index contributed by atoms with van der Waals surface area (Å²) in [5, 5.41) is 3.18. The molecule has 1 fully saturated rings. The fourth-order valence-electron chi connectivity index (χ4n) is 3.58. The molecule has 1 atom stereocenters. The van der Waals surface area contributed by atoms with Crippen LogP contribution in [0.15, 0.2) is 47.5 Å². The predicted molar refractivity (Wildman–Crippen MR) is 136 cm³/mol. The minimum Gasteiger partial charge on any atom is -0.493 e. The van der Waals surface area contributed by atoms with Crippen LogP contribution in [0.1, 0.15) is 24.1 Å². The fourth-order valence-corrected chi connectivity index (χ4v) is 3.58. The Morgan fingerprint density at radius 3 is 2.39 bits per heavy atom. The molecule has 0 aliphatic carbocycles. The predicted octanol–water partition coefficient (Wildman–Crippen LogP) is 3.68. The molecule has 1 aliphatic heterocycles.